The molecule has 0 unspecified atom stereocenters. The minimum Gasteiger partial charge on any atom is -0.504 e. The first kappa shape index (κ1) is 22.0. The number of para-hydroxylation sites is 1. The maximum Gasteiger partial charge on any atom is 0.162 e. The second-order valence-corrected chi connectivity index (χ2v) is 8.99. The molecule has 0 radical (unpaired) electrons. The fourth-order valence-electron chi connectivity index (χ4n) is 3.91. The van der Waals surface area contributed by atoms with Gasteiger partial charge in [-0.1, -0.05) is 24.3 Å². The number of phenols is 1. The number of aromatic nitrogens is 3. The lowest BCUT2D eigenvalue weighted by atomic mass is 10.1. The van der Waals surface area contributed by atoms with Gasteiger partial charge >= 0.3 is 0 Å². The summed E-state index contributed by atoms with van der Waals surface area (Å²) in [5.74, 6) is 0.571. The molecule has 7 heteroatoms. The van der Waals surface area contributed by atoms with E-state index in [2.05, 4.69) is 20.9 Å². The van der Waals surface area contributed by atoms with Crippen LogP contribution in [0.2, 0.25) is 0 Å². The lowest BCUT2D eigenvalue weighted by molar-refractivity contribution is 0.237. The summed E-state index contributed by atoms with van der Waals surface area (Å²) < 4.78 is 6.65. The normalized spacial score (nSPS) is 11.2. The van der Waals surface area contributed by atoms with Crippen LogP contribution < -0.4 is 4.74 Å². The predicted octanol–water partition coefficient (Wildman–Crippen LogP) is 5.67. The van der Waals surface area contributed by atoms with Crippen molar-refractivity contribution in [2.24, 2.45) is 0 Å². The lowest BCUT2D eigenvalue weighted by Crippen LogP contribution is -2.23. The van der Waals surface area contributed by atoms with Gasteiger partial charge in [0.15, 0.2) is 11.5 Å². The molecule has 0 aliphatic rings. The van der Waals surface area contributed by atoms with E-state index in [1.807, 2.05) is 66.7 Å². The summed E-state index contributed by atoms with van der Waals surface area (Å²) >= 11 is 1.63. The molecule has 2 aromatic carbocycles. The van der Waals surface area contributed by atoms with Gasteiger partial charge in [-0.15, -0.1) is 11.3 Å². The van der Waals surface area contributed by atoms with Crippen LogP contribution in [0.15, 0.2) is 85.2 Å². The van der Waals surface area contributed by atoms with Crippen molar-refractivity contribution in [3.05, 3.63) is 102 Å². The summed E-state index contributed by atoms with van der Waals surface area (Å²) in [4.78, 5) is 16.0. The molecule has 0 saturated heterocycles. The molecule has 170 valence electrons. The minimum atomic E-state index is 0.138. The summed E-state index contributed by atoms with van der Waals surface area (Å²) in [6.07, 6.45) is 3.59. The summed E-state index contributed by atoms with van der Waals surface area (Å²) in [7, 11) is 1.57. The smallest absolute Gasteiger partial charge is 0.162 e. The Hall–Kier alpha value is -3.81. The SMILES string of the molecule is COc1cc(-c2nc3ccccc3s2)cc(CN(Cc2ccccn2)Cc2ccccn2)c1O. The standard InChI is InChI=1S/C27H24N4O2S/c1-33-24-15-19(27-30-23-10-2-3-11-25(23)34-27)14-20(26(24)32)16-31(17-21-8-4-6-12-28-21)18-22-9-5-7-13-29-22/h2-15,32H,16-18H2,1H3. The van der Waals surface area contributed by atoms with Crippen molar-refractivity contribution >= 4 is 21.6 Å². The molecule has 34 heavy (non-hydrogen) atoms. The molecule has 0 atom stereocenters. The zero-order valence-corrected chi connectivity index (χ0v) is 19.6. The Labute approximate surface area is 202 Å². The van der Waals surface area contributed by atoms with Crippen LogP contribution in [0.5, 0.6) is 11.5 Å². The average molecular weight is 469 g/mol. The number of thiazole rings is 1. The van der Waals surface area contributed by atoms with Gasteiger partial charge < -0.3 is 9.84 Å². The van der Waals surface area contributed by atoms with Crippen molar-refractivity contribution in [2.75, 3.05) is 7.11 Å². The zero-order chi connectivity index (χ0) is 23.3. The van der Waals surface area contributed by atoms with E-state index in [4.69, 9.17) is 9.72 Å². The molecule has 0 bridgehead atoms. The van der Waals surface area contributed by atoms with Crippen molar-refractivity contribution in [3.8, 4) is 22.1 Å². The van der Waals surface area contributed by atoms with Crippen LogP contribution in [-0.2, 0) is 19.6 Å². The Balaban J connectivity index is 1.50. The number of ether oxygens (including phenoxy) is 1. The molecule has 5 aromatic rings. The number of aromatic hydroxyl groups is 1. The Morgan fingerprint density at radius 3 is 2.15 bits per heavy atom. The number of pyridine rings is 2. The minimum absolute atomic E-state index is 0.138. The molecule has 0 spiro atoms. The monoisotopic (exact) mass is 468 g/mol. The first-order valence-electron chi connectivity index (χ1n) is 11.0. The van der Waals surface area contributed by atoms with E-state index in [-0.39, 0.29) is 5.75 Å². The number of hydrogen-bond acceptors (Lipinski definition) is 7. The summed E-state index contributed by atoms with van der Waals surface area (Å²) in [5.41, 5.74) is 4.55. The van der Waals surface area contributed by atoms with Crippen LogP contribution >= 0.6 is 11.3 Å². The molecule has 1 N–H and O–H groups in total. The Morgan fingerprint density at radius 2 is 1.53 bits per heavy atom. The third-order valence-electron chi connectivity index (χ3n) is 5.53. The van der Waals surface area contributed by atoms with Gasteiger partial charge in [0.2, 0.25) is 0 Å². The van der Waals surface area contributed by atoms with E-state index < -0.39 is 0 Å². The molecule has 0 aliphatic heterocycles. The highest BCUT2D eigenvalue weighted by atomic mass is 32.1. The molecule has 3 aromatic heterocycles. The van der Waals surface area contributed by atoms with E-state index in [9.17, 15) is 5.11 Å². The third kappa shape index (κ3) is 4.90. The van der Waals surface area contributed by atoms with Crippen LogP contribution in [-0.4, -0.2) is 32.1 Å². The number of rotatable bonds is 8. The number of benzene rings is 2. The van der Waals surface area contributed by atoms with Crippen LogP contribution in [0.1, 0.15) is 17.0 Å². The van der Waals surface area contributed by atoms with Crippen molar-refractivity contribution in [1.29, 1.82) is 0 Å². The summed E-state index contributed by atoms with van der Waals surface area (Å²) in [6, 6.07) is 23.7. The number of nitrogens with zero attached hydrogens (tertiary/aromatic N) is 4. The predicted molar refractivity (Wildman–Crippen MR) is 135 cm³/mol. The zero-order valence-electron chi connectivity index (χ0n) is 18.8. The van der Waals surface area contributed by atoms with Crippen molar-refractivity contribution in [3.63, 3.8) is 0 Å². The molecule has 3 heterocycles. The number of phenolic OH excluding ortho intramolecular Hbond substituents is 1. The molecule has 6 nitrogen and oxygen atoms in total. The van der Waals surface area contributed by atoms with Crippen LogP contribution in [0.3, 0.4) is 0 Å². The maximum absolute atomic E-state index is 11.0. The van der Waals surface area contributed by atoms with E-state index in [0.29, 0.717) is 25.4 Å². The molecule has 5 rings (SSSR count). The van der Waals surface area contributed by atoms with Gasteiger partial charge in [-0.05, 0) is 48.5 Å². The quantitative estimate of drug-likeness (QED) is 0.316. The molecular formula is C27H24N4O2S. The highest BCUT2D eigenvalue weighted by Crippen LogP contribution is 2.38. The van der Waals surface area contributed by atoms with Crippen LogP contribution in [0, 0.1) is 0 Å². The average Bonchev–Trinajstić information content (AvgIpc) is 3.31. The fourth-order valence-corrected chi connectivity index (χ4v) is 4.86. The van der Waals surface area contributed by atoms with Crippen molar-refractivity contribution in [2.45, 2.75) is 19.6 Å². The number of methoxy groups -OCH3 is 1. The second kappa shape index (κ2) is 9.99. The molecule has 0 amide bonds. The second-order valence-electron chi connectivity index (χ2n) is 7.96. The molecule has 0 fully saturated rings. The molecular weight excluding hydrogens is 444 g/mol. The number of fused-ring (bicyclic) bond motifs is 1. The van der Waals surface area contributed by atoms with E-state index >= 15 is 0 Å². The van der Waals surface area contributed by atoms with Gasteiger partial charge in [0, 0.05) is 43.2 Å². The highest BCUT2D eigenvalue weighted by molar-refractivity contribution is 7.21. The highest BCUT2D eigenvalue weighted by Gasteiger charge is 2.18. The van der Waals surface area contributed by atoms with Gasteiger partial charge in [0.05, 0.1) is 28.7 Å². The summed E-state index contributed by atoms with van der Waals surface area (Å²) in [5, 5.41) is 11.9. The first-order valence-corrected chi connectivity index (χ1v) is 11.8. The lowest BCUT2D eigenvalue weighted by Gasteiger charge is -2.23. The summed E-state index contributed by atoms with van der Waals surface area (Å²) in [6.45, 7) is 1.73. The van der Waals surface area contributed by atoms with E-state index in [1.165, 1.54) is 0 Å². The van der Waals surface area contributed by atoms with Crippen LogP contribution in [0.4, 0.5) is 0 Å². The third-order valence-corrected chi connectivity index (χ3v) is 6.62. The first-order chi connectivity index (χ1) is 16.7. The maximum atomic E-state index is 11.0. The Kier molecular flexibility index (Phi) is 6.46. The fraction of sp³-hybridized carbons (Fsp3) is 0.148. The van der Waals surface area contributed by atoms with Gasteiger partial charge in [0.25, 0.3) is 0 Å². The van der Waals surface area contributed by atoms with Gasteiger partial charge in [-0.2, -0.15) is 0 Å². The Bertz CT molecular complexity index is 1320. The van der Waals surface area contributed by atoms with Crippen LogP contribution in [0.25, 0.3) is 20.8 Å². The van der Waals surface area contributed by atoms with Gasteiger partial charge in [0.1, 0.15) is 5.01 Å². The van der Waals surface area contributed by atoms with Crippen molar-refractivity contribution < 1.29 is 9.84 Å². The Morgan fingerprint density at radius 1 is 0.853 bits per heavy atom. The van der Waals surface area contributed by atoms with E-state index in [1.54, 1.807) is 30.8 Å². The largest absolute Gasteiger partial charge is 0.504 e. The van der Waals surface area contributed by atoms with Crippen molar-refractivity contribution in [1.82, 2.24) is 19.9 Å². The number of hydrogen-bond donors (Lipinski definition) is 1. The topological polar surface area (TPSA) is 71.4 Å². The van der Waals surface area contributed by atoms with Gasteiger partial charge in [-0.3, -0.25) is 14.9 Å². The van der Waals surface area contributed by atoms with E-state index in [0.717, 1.165) is 37.7 Å². The van der Waals surface area contributed by atoms with Gasteiger partial charge in [-0.25, -0.2) is 4.98 Å². The molecule has 0 aliphatic carbocycles. The molecule has 0 saturated carbocycles.